The predicted octanol–water partition coefficient (Wildman–Crippen LogP) is 3.14. The number of fused-ring (bicyclic) bond motifs is 1. The van der Waals surface area contributed by atoms with Crippen LogP contribution in [0, 0.1) is 0 Å². The van der Waals surface area contributed by atoms with E-state index in [1.807, 2.05) is 42.5 Å². The molecule has 1 aromatic heterocycles. The minimum absolute atomic E-state index is 0.242. The highest BCUT2D eigenvalue weighted by atomic mass is 35.5. The van der Waals surface area contributed by atoms with E-state index in [0.29, 0.717) is 16.2 Å². The van der Waals surface area contributed by atoms with Crippen molar-refractivity contribution in [2.45, 2.75) is 0 Å². The molecule has 0 spiro atoms. The summed E-state index contributed by atoms with van der Waals surface area (Å²) in [6, 6.07) is 15.3. The van der Waals surface area contributed by atoms with Gasteiger partial charge in [-0.05, 0) is 23.8 Å². The Morgan fingerprint density at radius 3 is 2.30 bits per heavy atom. The van der Waals surface area contributed by atoms with Crippen molar-refractivity contribution >= 4 is 55.0 Å². The Bertz CT molecular complexity index is 1110. The second kappa shape index (κ2) is 8.49. The number of aliphatic imine (C=N–C) groups is 1. The number of carbonyl (C=O) groups is 1. The van der Waals surface area contributed by atoms with E-state index in [2.05, 4.69) is 4.99 Å². The maximum Gasteiger partial charge on any atom is 0.290 e. The molecule has 0 aliphatic carbocycles. The van der Waals surface area contributed by atoms with Crippen molar-refractivity contribution in [2.75, 3.05) is 6.26 Å². The number of guanidine groups is 1. The van der Waals surface area contributed by atoms with Gasteiger partial charge in [0.15, 0.2) is 5.96 Å². The Hall–Kier alpha value is -2.46. The van der Waals surface area contributed by atoms with Crippen LogP contribution < -0.4 is 11.5 Å². The summed E-state index contributed by atoms with van der Waals surface area (Å²) < 4.78 is 26.8. The van der Waals surface area contributed by atoms with Gasteiger partial charge < -0.3 is 11.5 Å². The number of hydrogen-bond donors (Lipinski definition) is 3. The fraction of sp³-hybridized carbons (Fsp3) is 0.0588. The first-order valence-electron chi connectivity index (χ1n) is 7.40. The maximum absolute atomic E-state index is 12.0. The van der Waals surface area contributed by atoms with Gasteiger partial charge in [-0.15, -0.1) is 11.3 Å². The molecule has 3 aromatic rings. The first-order valence-corrected chi connectivity index (χ1v) is 10.4. The van der Waals surface area contributed by atoms with E-state index in [9.17, 15) is 13.2 Å². The summed E-state index contributed by atoms with van der Waals surface area (Å²) in [6.07, 6.45) is 0.715. The molecule has 10 heteroatoms. The van der Waals surface area contributed by atoms with Gasteiger partial charge in [-0.1, -0.05) is 41.9 Å². The zero-order valence-corrected chi connectivity index (χ0v) is 16.5. The topological polar surface area (TPSA) is 136 Å². The monoisotopic (exact) mass is 425 g/mol. The molecule has 0 fully saturated rings. The number of nitrogens with zero attached hydrogens (tertiary/aromatic N) is 1. The van der Waals surface area contributed by atoms with Crippen molar-refractivity contribution in [3.8, 4) is 11.1 Å². The Morgan fingerprint density at radius 2 is 1.70 bits per heavy atom. The fourth-order valence-corrected chi connectivity index (χ4v) is 3.46. The third-order valence-electron chi connectivity index (χ3n) is 3.17. The summed E-state index contributed by atoms with van der Waals surface area (Å²) in [6.45, 7) is 0. The number of benzene rings is 2. The van der Waals surface area contributed by atoms with E-state index >= 15 is 0 Å². The zero-order valence-electron chi connectivity index (χ0n) is 14.1. The highest BCUT2D eigenvalue weighted by Gasteiger charge is 2.14. The second-order valence-corrected chi connectivity index (χ2v) is 8.34. The van der Waals surface area contributed by atoms with E-state index in [1.54, 1.807) is 6.07 Å². The Kier molecular flexibility index (Phi) is 6.55. The minimum atomic E-state index is -3.67. The van der Waals surface area contributed by atoms with Crippen molar-refractivity contribution in [3.05, 3.63) is 58.4 Å². The molecule has 1 heterocycles. The standard InChI is InChI=1S/C16H12ClN3OS.CH4O3S/c17-12-6-2-1-4-10(12)9-5-3-7-13-11(9)8-14(22-13)15(21)20-16(18)19;1-5(2,3)4/h1-8H,(H4,18,19,20,21);1H3,(H,2,3,4). The highest BCUT2D eigenvalue weighted by molar-refractivity contribution is 7.85. The van der Waals surface area contributed by atoms with Crippen LogP contribution in [0.1, 0.15) is 9.67 Å². The number of thiophene rings is 1. The van der Waals surface area contributed by atoms with Gasteiger partial charge in [0.05, 0.1) is 11.1 Å². The van der Waals surface area contributed by atoms with Gasteiger partial charge >= 0.3 is 0 Å². The van der Waals surface area contributed by atoms with Crippen LogP contribution in [0.2, 0.25) is 5.02 Å². The molecule has 0 aliphatic heterocycles. The van der Waals surface area contributed by atoms with Gasteiger partial charge in [0.2, 0.25) is 0 Å². The lowest BCUT2D eigenvalue weighted by Gasteiger charge is -2.05. The van der Waals surface area contributed by atoms with E-state index < -0.39 is 16.0 Å². The fourth-order valence-electron chi connectivity index (χ4n) is 2.25. The molecule has 0 atom stereocenters. The van der Waals surface area contributed by atoms with Gasteiger partial charge in [-0.2, -0.15) is 13.4 Å². The van der Waals surface area contributed by atoms with Crippen LogP contribution in [0.15, 0.2) is 53.5 Å². The van der Waals surface area contributed by atoms with Crippen molar-refractivity contribution in [1.82, 2.24) is 0 Å². The predicted molar refractivity (Wildman–Crippen MR) is 110 cm³/mol. The SMILES string of the molecule is CS(=O)(=O)O.NC(N)=NC(=O)c1cc2c(-c3ccccc3Cl)cccc2s1. The molecule has 1 amide bonds. The molecule has 0 aliphatic rings. The second-order valence-electron chi connectivity index (χ2n) is 5.38. The first kappa shape index (κ1) is 20.8. The molecule has 7 nitrogen and oxygen atoms in total. The number of halogens is 1. The lowest BCUT2D eigenvalue weighted by atomic mass is 10.0. The molecule has 0 saturated heterocycles. The van der Waals surface area contributed by atoms with E-state index in [-0.39, 0.29) is 5.96 Å². The van der Waals surface area contributed by atoms with Crippen LogP contribution in [0.5, 0.6) is 0 Å². The summed E-state index contributed by atoms with van der Waals surface area (Å²) in [7, 11) is -3.67. The van der Waals surface area contributed by atoms with Gasteiger partial charge in [-0.3, -0.25) is 9.35 Å². The Morgan fingerprint density at radius 1 is 1.11 bits per heavy atom. The van der Waals surface area contributed by atoms with Crippen molar-refractivity contribution in [2.24, 2.45) is 16.5 Å². The third kappa shape index (κ3) is 6.04. The van der Waals surface area contributed by atoms with E-state index in [0.717, 1.165) is 21.2 Å². The zero-order chi connectivity index (χ0) is 20.2. The van der Waals surface area contributed by atoms with Crippen LogP contribution >= 0.6 is 22.9 Å². The first-order chi connectivity index (χ1) is 12.6. The van der Waals surface area contributed by atoms with Crippen molar-refractivity contribution in [3.63, 3.8) is 0 Å². The number of carbonyl (C=O) groups excluding carboxylic acids is 1. The number of nitrogens with two attached hydrogens (primary N) is 2. The molecule has 0 bridgehead atoms. The molecule has 27 heavy (non-hydrogen) atoms. The Labute approximate surface area is 165 Å². The molecule has 5 N–H and O–H groups in total. The average molecular weight is 426 g/mol. The molecular formula is C17H16ClN3O4S2. The van der Waals surface area contributed by atoms with E-state index in [1.165, 1.54) is 11.3 Å². The molecule has 142 valence electrons. The van der Waals surface area contributed by atoms with Gasteiger partial charge in [-0.25, -0.2) is 0 Å². The summed E-state index contributed by atoms with van der Waals surface area (Å²) in [5.74, 6) is -0.680. The number of hydrogen-bond acceptors (Lipinski definition) is 4. The van der Waals surface area contributed by atoms with Gasteiger partial charge in [0.1, 0.15) is 0 Å². The highest BCUT2D eigenvalue weighted by Crippen LogP contribution is 2.37. The smallest absolute Gasteiger partial charge is 0.290 e. The van der Waals surface area contributed by atoms with Crippen molar-refractivity contribution in [1.29, 1.82) is 0 Å². The average Bonchev–Trinajstić information content (AvgIpc) is 2.97. The molecule has 0 saturated carbocycles. The molecule has 0 unspecified atom stereocenters. The van der Waals surface area contributed by atoms with Gasteiger partial charge in [0.25, 0.3) is 16.0 Å². The van der Waals surface area contributed by atoms with Crippen LogP contribution in [0.4, 0.5) is 0 Å². The summed E-state index contributed by atoms with van der Waals surface area (Å²) in [5.41, 5.74) is 12.4. The third-order valence-corrected chi connectivity index (χ3v) is 4.58. The summed E-state index contributed by atoms with van der Waals surface area (Å²) >= 11 is 7.63. The summed E-state index contributed by atoms with van der Waals surface area (Å²) in [4.78, 5) is 16.0. The van der Waals surface area contributed by atoms with Gasteiger partial charge in [0, 0.05) is 20.7 Å². The van der Waals surface area contributed by atoms with Crippen molar-refractivity contribution < 1.29 is 17.8 Å². The lowest BCUT2D eigenvalue weighted by molar-refractivity contribution is 0.101. The Balaban J connectivity index is 0.000000465. The largest absolute Gasteiger partial charge is 0.370 e. The van der Waals surface area contributed by atoms with Crippen LogP contribution in [0.3, 0.4) is 0 Å². The lowest BCUT2D eigenvalue weighted by Crippen LogP contribution is -2.24. The van der Waals surface area contributed by atoms with Crippen LogP contribution in [0.25, 0.3) is 21.2 Å². The number of rotatable bonds is 2. The molecule has 3 rings (SSSR count). The minimum Gasteiger partial charge on any atom is -0.370 e. The summed E-state index contributed by atoms with van der Waals surface area (Å²) in [5, 5.41) is 1.62. The van der Waals surface area contributed by atoms with Crippen LogP contribution in [-0.2, 0) is 10.1 Å². The number of amides is 1. The molecular weight excluding hydrogens is 410 g/mol. The van der Waals surface area contributed by atoms with E-state index in [4.69, 9.17) is 27.6 Å². The quantitative estimate of drug-likeness (QED) is 0.328. The van der Waals surface area contributed by atoms with Crippen LogP contribution in [-0.4, -0.2) is 31.1 Å². The normalized spacial score (nSPS) is 10.8. The molecule has 0 radical (unpaired) electrons. The molecule has 2 aromatic carbocycles. The maximum atomic E-state index is 12.0.